The van der Waals surface area contributed by atoms with E-state index in [4.69, 9.17) is 27.9 Å². The van der Waals surface area contributed by atoms with Gasteiger partial charge in [-0.15, -0.1) is 23.2 Å². The lowest BCUT2D eigenvalue weighted by molar-refractivity contribution is -0.129. The van der Waals surface area contributed by atoms with Gasteiger partial charge in [0.25, 0.3) is 0 Å². The van der Waals surface area contributed by atoms with Crippen molar-refractivity contribution < 1.29 is 14.3 Å². The number of allylic oxidation sites excluding steroid dienone is 1. The Morgan fingerprint density at radius 1 is 1.02 bits per heavy atom. The Hall–Kier alpha value is -0.940. The number of amides is 2. The molecule has 4 rings (SSSR count). The maximum atomic E-state index is 12.6. The van der Waals surface area contributed by atoms with Gasteiger partial charge in [-0.3, -0.25) is 4.79 Å². The molecule has 4 aliphatic rings. The summed E-state index contributed by atoms with van der Waals surface area (Å²) in [5.74, 6) is 5.40. The highest BCUT2D eigenvalue weighted by Crippen LogP contribution is 2.67. The Morgan fingerprint density at radius 3 is 2.44 bits per heavy atom. The summed E-state index contributed by atoms with van der Waals surface area (Å²) >= 11 is 11.6. The van der Waals surface area contributed by atoms with Gasteiger partial charge in [0.05, 0.1) is 0 Å². The number of halogens is 2. The molecule has 3 saturated carbocycles. The summed E-state index contributed by atoms with van der Waals surface area (Å²) < 4.78 is 5.83. The smallest absolute Gasteiger partial charge is 0.407 e. The van der Waals surface area contributed by atoms with Crippen LogP contribution >= 0.6 is 23.2 Å². The van der Waals surface area contributed by atoms with Gasteiger partial charge in [-0.1, -0.05) is 65.5 Å². The molecule has 3 fully saturated rings. The molecule has 0 radical (unpaired) electrons. The van der Waals surface area contributed by atoms with E-state index in [0.717, 1.165) is 54.8 Å². The molecule has 8 atom stereocenters. The Balaban J connectivity index is 1.33. The van der Waals surface area contributed by atoms with E-state index in [1.807, 2.05) is 0 Å². The summed E-state index contributed by atoms with van der Waals surface area (Å²) in [6, 6.07) is 0. The minimum atomic E-state index is -0.508. The number of hydrogen-bond donors (Lipinski definition) is 1. The van der Waals surface area contributed by atoms with Gasteiger partial charge in [-0.05, 0) is 91.3 Å². The maximum absolute atomic E-state index is 12.6. The van der Waals surface area contributed by atoms with Crippen LogP contribution in [0.5, 0.6) is 0 Å². The van der Waals surface area contributed by atoms with Crippen molar-refractivity contribution in [3.05, 3.63) is 11.6 Å². The van der Waals surface area contributed by atoms with E-state index < -0.39 is 6.09 Å². The number of carbonyl (C=O) groups excluding carboxylic acids is 2. The normalized spacial score (nSPS) is 35.1. The maximum Gasteiger partial charge on any atom is 0.407 e. The van der Waals surface area contributed by atoms with Crippen LogP contribution in [0.3, 0.4) is 0 Å². The largest absolute Gasteiger partial charge is 0.446 e. The van der Waals surface area contributed by atoms with Gasteiger partial charge in [0.1, 0.15) is 12.6 Å². The fourth-order valence-electron chi connectivity index (χ4n) is 9.77. The third kappa shape index (κ3) is 7.24. The summed E-state index contributed by atoms with van der Waals surface area (Å²) in [7, 11) is 0. The van der Waals surface area contributed by atoms with Gasteiger partial charge >= 0.3 is 6.09 Å². The lowest BCUT2D eigenvalue weighted by Crippen LogP contribution is -2.51. The van der Waals surface area contributed by atoms with Gasteiger partial charge in [-0.2, -0.15) is 0 Å². The highest BCUT2D eigenvalue weighted by Gasteiger charge is 2.59. The first kappa shape index (κ1) is 33.0. The van der Waals surface area contributed by atoms with E-state index >= 15 is 0 Å². The van der Waals surface area contributed by atoms with Gasteiger partial charge in [0.15, 0.2) is 0 Å². The van der Waals surface area contributed by atoms with Crippen LogP contribution in [0, 0.1) is 46.3 Å². The third-order valence-corrected chi connectivity index (χ3v) is 12.3. The molecule has 5 nitrogen and oxygen atoms in total. The van der Waals surface area contributed by atoms with Crippen molar-refractivity contribution in [2.24, 2.45) is 46.3 Å². The Kier molecular flexibility index (Phi) is 11.4. The van der Waals surface area contributed by atoms with Crippen LogP contribution in [0.1, 0.15) is 105 Å². The van der Waals surface area contributed by atoms with Crippen LogP contribution < -0.4 is 5.32 Å². The highest BCUT2D eigenvalue weighted by molar-refractivity contribution is 6.18. The summed E-state index contributed by atoms with van der Waals surface area (Å²) in [6.45, 7) is 13.2. The quantitative estimate of drug-likeness (QED) is 0.178. The van der Waals surface area contributed by atoms with Crippen LogP contribution in [0.15, 0.2) is 11.6 Å². The van der Waals surface area contributed by atoms with E-state index in [0.29, 0.717) is 30.3 Å². The van der Waals surface area contributed by atoms with Crippen LogP contribution in [-0.2, 0) is 9.53 Å². The minimum Gasteiger partial charge on any atom is -0.446 e. The predicted molar refractivity (Wildman–Crippen MR) is 169 cm³/mol. The topological polar surface area (TPSA) is 58.6 Å². The van der Waals surface area contributed by atoms with Crippen molar-refractivity contribution in [2.75, 3.05) is 31.4 Å². The van der Waals surface area contributed by atoms with Crippen molar-refractivity contribution >= 4 is 35.2 Å². The van der Waals surface area contributed by atoms with Crippen molar-refractivity contribution in [2.45, 2.75) is 111 Å². The van der Waals surface area contributed by atoms with Crippen LogP contribution in [0.2, 0.25) is 0 Å². The monoisotopic (exact) mass is 610 g/mol. The predicted octanol–water partition coefficient (Wildman–Crippen LogP) is 8.43. The molecule has 0 heterocycles. The minimum absolute atomic E-state index is 0.0962. The number of rotatable bonds is 12. The number of fused-ring (bicyclic) bond motifs is 5. The second-order valence-corrected chi connectivity index (χ2v) is 15.4. The number of ether oxygens (including phenoxy) is 1. The fourth-order valence-corrected chi connectivity index (χ4v) is 10.2. The molecule has 2 amide bonds. The number of alkyl halides is 2. The fraction of sp³-hybridized carbons (Fsp3) is 0.882. The molecule has 4 unspecified atom stereocenters. The molecule has 4 aliphatic carbocycles. The van der Waals surface area contributed by atoms with Crippen molar-refractivity contribution in [1.29, 1.82) is 0 Å². The van der Waals surface area contributed by atoms with Crippen molar-refractivity contribution in [3.8, 4) is 0 Å². The zero-order chi connectivity index (χ0) is 29.8. The number of hydrogen-bond acceptors (Lipinski definition) is 3. The Bertz CT molecular complexity index is 935. The lowest BCUT2D eigenvalue weighted by Gasteiger charge is -2.58. The van der Waals surface area contributed by atoms with E-state index in [9.17, 15) is 9.59 Å². The van der Waals surface area contributed by atoms with E-state index in [-0.39, 0.29) is 24.0 Å². The Morgan fingerprint density at radius 2 is 1.76 bits per heavy atom. The molecule has 0 saturated heterocycles. The van der Waals surface area contributed by atoms with E-state index in [2.05, 4.69) is 46.0 Å². The van der Waals surface area contributed by atoms with Crippen LogP contribution in [0.25, 0.3) is 0 Å². The molecule has 0 aromatic heterocycles. The van der Waals surface area contributed by atoms with Crippen molar-refractivity contribution in [1.82, 2.24) is 10.2 Å². The lowest BCUT2D eigenvalue weighted by atomic mass is 9.47. The third-order valence-electron chi connectivity index (χ3n) is 12.0. The Labute approximate surface area is 259 Å². The number of carbonyl (C=O) groups is 2. The van der Waals surface area contributed by atoms with Gasteiger partial charge in [0.2, 0.25) is 5.91 Å². The zero-order valence-electron chi connectivity index (χ0n) is 26.4. The summed E-state index contributed by atoms with van der Waals surface area (Å²) in [5, 5.41) is 2.66. The van der Waals surface area contributed by atoms with Crippen LogP contribution in [0.4, 0.5) is 4.79 Å². The second kappa shape index (κ2) is 14.2. The SMILES string of the molecule is CC(C)CCC[C@@H](C)[C@H]1CCC2C3CC=C4CC(OC(=O)NCC(=O)N(CCCl)CCCl)CC[C@]4(C)C3CC[C@@]21C. The van der Waals surface area contributed by atoms with E-state index in [1.54, 1.807) is 4.90 Å². The molecule has 1 N–H and O–H groups in total. The molecule has 0 bridgehead atoms. The molecule has 0 aliphatic heterocycles. The average molecular weight is 612 g/mol. The molecular formula is C34H56Cl2N2O3. The number of nitrogens with zero attached hydrogens (tertiary/aromatic N) is 1. The highest BCUT2D eigenvalue weighted by atomic mass is 35.5. The standard InChI is InChI=1S/C34H56Cl2N2O3/c1-23(2)7-6-8-24(3)28-11-12-29-27-10-9-25-21-26(13-15-33(25,4)30(27)14-16-34(28,29)5)41-32(40)37-22-31(39)38(19-17-35)20-18-36/h9,23-24,26-30H,6-8,10-22H2,1-5H3,(H,37,40)/t24-,26?,27?,28-,29?,30?,33+,34-/m1/s1. The average Bonchev–Trinajstić information content (AvgIpc) is 3.29. The molecule has 41 heavy (non-hydrogen) atoms. The second-order valence-electron chi connectivity index (χ2n) is 14.7. The van der Waals surface area contributed by atoms with Gasteiger partial charge in [-0.25, -0.2) is 4.79 Å². The number of nitrogens with one attached hydrogen (secondary N) is 1. The molecule has 7 heteroatoms. The summed E-state index contributed by atoms with van der Waals surface area (Å²) in [4.78, 5) is 26.6. The first-order chi connectivity index (χ1) is 19.5. The first-order valence-electron chi connectivity index (χ1n) is 16.6. The molecule has 234 valence electrons. The summed E-state index contributed by atoms with van der Waals surface area (Å²) in [6.07, 6.45) is 15.6. The van der Waals surface area contributed by atoms with Gasteiger partial charge in [0, 0.05) is 31.3 Å². The van der Waals surface area contributed by atoms with Crippen molar-refractivity contribution in [3.63, 3.8) is 0 Å². The number of alkyl carbamates (subject to hydrolysis) is 1. The molecule has 0 aromatic carbocycles. The molecular weight excluding hydrogens is 555 g/mol. The first-order valence-corrected chi connectivity index (χ1v) is 17.6. The molecule has 0 spiro atoms. The zero-order valence-corrected chi connectivity index (χ0v) is 27.9. The van der Waals surface area contributed by atoms with Gasteiger partial charge < -0.3 is 15.0 Å². The van der Waals surface area contributed by atoms with Crippen LogP contribution in [-0.4, -0.2) is 54.4 Å². The summed E-state index contributed by atoms with van der Waals surface area (Å²) in [5.41, 5.74) is 2.23. The molecule has 0 aromatic rings. The van der Waals surface area contributed by atoms with E-state index in [1.165, 1.54) is 56.9 Å².